The van der Waals surface area contributed by atoms with Crippen molar-refractivity contribution in [1.82, 2.24) is 4.57 Å². The minimum Gasteiger partial charge on any atom is -0.512 e. The van der Waals surface area contributed by atoms with Crippen LogP contribution in [-0.4, -0.2) is 21.9 Å². The maximum atomic E-state index is 9.00. The molecule has 4 aromatic rings. The molecule has 5 heteroatoms. The van der Waals surface area contributed by atoms with Gasteiger partial charge in [0, 0.05) is 16.5 Å². The summed E-state index contributed by atoms with van der Waals surface area (Å²) in [5.41, 5.74) is 3.21. The first-order valence-electron chi connectivity index (χ1n) is 7.35. The van der Waals surface area contributed by atoms with E-state index in [1.165, 1.54) is 0 Å². The van der Waals surface area contributed by atoms with Crippen LogP contribution in [-0.2, 0) is 0 Å². The van der Waals surface area contributed by atoms with Gasteiger partial charge in [-0.05, 0) is 36.4 Å². The third kappa shape index (κ3) is 2.36. The fraction of sp³-hybridized carbons (Fsp3) is 0. The zero-order valence-corrected chi connectivity index (χ0v) is 12.3. The molecule has 4 rings (SSSR count). The van der Waals surface area contributed by atoms with Crippen LogP contribution in [0.2, 0.25) is 0 Å². The molecule has 0 bridgehead atoms. The molecular weight excluding hydrogens is 289 g/mol. The van der Waals surface area contributed by atoms with Gasteiger partial charge < -0.3 is 19.3 Å². The smallest absolute Gasteiger partial charge is 0.512 e. The van der Waals surface area contributed by atoms with Crippen molar-refractivity contribution in [2.75, 3.05) is 0 Å². The fourth-order valence-corrected chi connectivity index (χ4v) is 3.00. The van der Waals surface area contributed by atoms with E-state index in [9.17, 15) is 0 Å². The first-order chi connectivity index (χ1) is 11.2. The Bertz CT molecular complexity index is 980. The van der Waals surface area contributed by atoms with E-state index in [1.807, 2.05) is 42.5 Å². The number of hydrogen-bond donors (Lipinski definition) is 2. The monoisotopic (exact) mass is 303 g/mol. The van der Waals surface area contributed by atoms with Crippen molar-refractivity contribution in [2.45, 2.75) is 0 Å². The molecule has 112 valence electrons. The molecule has 0 radical (unpaired) electrons. The highest BCUT2D eigenvalue weighted by molar-refractivity contribution is 6.33. The molecule has 0 amide bonds. The second kappa shape index (κ2) is 5.46. The first kappa shape index (κ1) is 13.9. The van der Waals surface area contributed by atoms with Crippen LogP contribution >= 0.6 is 0 Å². The van der Waals surface area contributed by atoms with Gasteiger partial charge >= 0.3 is 7.32 Å². The minimum absolute atomic E-state index is 0.420. The Morgan fingerprint density at radius 1 is 0.739 bits per heavy atom. The van der Waals surface area contributed by atoms with Gasteiger partial charge in [-0.25, -0.2) is 0 Å². The zero-order valence-electron chi connectivity index (χ0n) is 12.3. The molecule has 1 aromatic heterocycles. The van der Waals surface area contributed by atoms with E-state index < -0.39 is 7.32 Å². The number of nitrogens with zero attached hydrogens (tertiary/aromatic N) is 1. The fourth-order valence-electron chi connectivity index (χ4n) is 3.00. The molecule has 1 heterocycles. The van der Waals surface area contributed by atoms with Crippen molar-refractivity contribution < 1.29 is 14.7 Å². The average Bonchev–Trinajstić information content (AvgIpc) is 2.89. The summed E-state index contributed by atoms with van der Waals surface area (Å²) in [6, 6.07) is 23.8. The van der Waals surface area contributed by atoms with Gasteiger partial charge in [-0.15, -0.1) is 0 Å². The lowest BCUT2D eigenvalue weighted by Gasteiger charge is -2.08. The van der Waals surface area contributed by atoms with Crippen molar-refractivity contribution in [3.63, 3.8) is 0 Å². The Labute approximate surface area is 133 Å². The van der Waals surface area contributed by atoms with Gasteiger partial charge in [0.25, 0.3) is 0 Å². The Morgan fingerprint density at radius 2 is 1.43 bits per heavy atom. The Balaban J connectivity index is 2.05. The van der Waals surface area contributed by atoms with Crippen LogP contribution in [0.4, 0.5) is 0 Å². The highest BCUT2D eigenvalue weighted by atomic mass is 16.6. The number of aromatic nitrogens is 1. The summed E-state index contributed by atoms with van der Waals surface area (Å²) in [5.74, 6) is 0.420. The predicted molar refractivity (Wildman–Crippen MR) is 91.6 cm³/mol. The van der Waals surface area contributed by atoms with E-state index >= 15 is 0 Å². The van der Waals surface area contributed by atoms with E-state index in [1.54, 1.807) is 6.07 Å². The van der Waals surface area contributed by atoms with E-state index in [2.05, 4.69) is 28.8 Å². The first-order valence-corrected chi connectivity index (χ1v) is 7.35. The molecule has 0 saturated heterocycles. The summed E-state index contributed by atoms with van der Waals surface area (Å²) in [6.07, 6.45) is 0. The second-order valence-electron chi connectivity index (χ2n) is 5.31. The van der Waals surface area contributed by atoms with E-state index in [0.29, 0.717) is 5.75 Å². The summed E-state index contributed by atoms with van der Waals surface area (Å²) in [7, 11) is -1.82. The molecule has 23 heavy (non-hydrogen) atoms. The summed E-state index contributed by atoms with van der Waals surface area (Å²) in [6.45, 7) is 0. The molecule has 3 aromatic carbocycles. The Hall–Kier alpha value is -2.76. The van der Waals surface area contributed by atoms with Gasteiger partial charge in [-0.3, -0.25) is 0 Å². The third-order valence-electron chi connectivity index (χ3n) is 3.90. The summed E-state index contributed by atoms with van der Waals surface area (Å²) < 4.78 is 7.17. The SMILES string of the molecule is OB(O)Oc1ccc2c(c1)c1ccccc1n2-c1ccccc1. The van der Waals surface area contributed by atoms with E-state index in [0.717, 1.165) is 27.5 Å². The number of fused-ring (bicyclic) bond motifs is 3. The van der Waals surface area contributed by atoms with Crippen molar-refractivity contribution in [1.29, 1.82) is 0 Å². The maximum Gasteiger partial charge on any atom is 0.707 e. The standard InChI is InChI=1S/C18H14BNO3/c21-19(22)23-14-10-11-18-16(12-14)15-8-4-5-9-17(15)20(18)13-6-2-1-3-7-13/h1-12,21-22H. The van der Waals surface area contributed by atoms with Crippen LogP contribution < -0.4 is 4.65 Å². The molecule has 0 aliphatic heterocycles. The molecular formula is C18H14BNO3. The Morgan fingerprint density at radius 3 is 2.22 bits per heavy atom. The van der Waals surface area contributed by atoms with Crippen LogP contribution in [0.5, 0.6) is 5.75 Å². The van der Waals surface area contributed by atoms with Crippen molar-refractivity contribution >= 4 is 29.1 Å². The van der Waals surface area contributed by atoms with Crippen LogP contribution in [0.15, 0.2) is 72.8 Å². The third-order valence-corrected chi connectivity index (χ3v) is 3.90. The molecule has 0 aliphatic rings. The lowest BCUT2D eigenvalue weighted by Crippen LogP contribution is -2.20. The van der Waals surface area contributed by atoms with Crippen molar-refractivity contribution in [3.05, 3.63) is 72.8 Å². The predicted octanol–water partition coefficient (Wildman–Crippen LogP) is 3.13. The lowest BCUT2D eigenvalue weighted by atomic mass is 10.1. The Kier molecular flexibility index (Phi) is 3.30. The molecule has 0 aliphatic carbocycles. The highest BCUT2D eigenvalue weighted by Crippen LogP contribution is 2.34. The topological polar surface area (TPSA) is 54.6 Å². The number of hydrogen-bond acceptors (Lipinski definition) is 3. The molecule has 0 fully saturated rings. The summed E-state index contributed by atoms with van der Waals surface area (Å²) in [4.78, 5) is 0. The van der Waals surface area contributed by atoms with Crippen molar-refractivity contribution in [3.8, 4) is 11.4 Å². The average molecular weight is 303 g/mol. The normalized spacial score (nSPS) is 11.0. The molecule has 0 atom stereocenters. The minimum atomic E-state index is -1.82. The number of para-hydroxylation sites is 2. The number of benzene rings is 3. The van der Waals surface area contributed by atoms with Crippen LogP contribution in [0.25, 0.3) is 27.5 Å². The van der Waals surface area contributed by atoms with Crippen LogP contribution in [0, 0.1) is 0 Å². The van der Waals surface area contributed by atoms with Gasteiger partial charge in [0.2, 0.25) is 0 Å². The zero-order chi connectivity index (χ0) is 15.8. The molecule has 0 saturated carbocycles. The second-order valence-corrected chi connectivity index (χ2v) is 5.31. The molecule has 0 unspecified atom stereocenters. The van der Waals surface area contributed by atoms with E-state index in [4.69, 9.17) is 14.7 Å². The largest absolute Gasteiger partial charge is 0.707 e. The quantitative estimate of drug-likeness (QED) is 0.572. The number of rotatable bonds is 3. The van der Waals surface area contributed by atoms with Gasteiger partial charge in [-0.1, -0.05) is 36.4 Å². The molecule has 4 nitrogen and oxygen atoms in total. The van der Waals surface area contributed by atoms with Crippen molar-refractivity contribution in [2.24, 2.45) is 0 Å². The van der Waals surface area contributed by atoms with Gasteiger partial charge in [0.05, 0.1) is 11.0 Å². The summed E-state index contributed by atoms with van der Waals surface area (Å²) >= 11 is 0. The highest BCUT2D eigenvalue weighted by Gasteiger charge is 2.15. The van der Waals surface area contributed by atoms with Gasteiger partial charge in [-0.2, -0.15) is 0 Å². The molecule has 2 N–H and O–H groups in total. The van der Waals surface area contributed by atoms with E-state index in [-0.39, 0.29) is 0 Å². The molecule has 0 spiro atoms. The maximum absolute atomic E-state index is 9.00. The lowest BCUT2D eigenvalue weighted by molar-refractivity contribution is 0.288. The van der Waals surface area contributed by atoms with Crippen LogP contribution in [0.1, 0.15) is 0 Å². The summed E-state index contributed by atoms with van der Waals surface area (Å²) in [5, 5.41) is 20.1. The van der Waals surface area contributed by atoms with Gasteiger partial charge in [0.1, 0.15) is 5.75 Å². The van der Waals surface area contributed by atoms with Gasteiger partial charge in [0.15, 0.2) is 0 Å². The van der Waals surface area contributed by atoms with Crippen LogP contribution in [0.3, 0.4) is 0 Å².